The summed E-state index contributed by atoms with van der Waals surface area (Å²) in [6, 6.07) is 9.10. The molecule has 2 heterocycles. The van der Waals surface area contributed by atoms with Crippen molar-refractivity contribution in [2.75, 3.05) is 13.2 Å². The topological polar surface area (TPSA) is 61.6 Å². The summed E-state index contributed by atoms with van der Waals surface area (Å²) >= 11 is 0. The second-order valence-electron chi connectivity index (χ2n) is 5.60. The van der Waals surface area contributed by atoms with Crippen LogP contribution in [-0.4, -0.2) is 18.2 Å². The zero-order valence-electron chi connectivity index (χ0n) is 13.2. The van der Waals surface area contributed by atoms with E-state index in [9.17, 15) is 4.79 Å². The molecule has 120 valence electrons. The second-order valence-corrected chi connectivity index (χ2v) is 5.60. The second kappa shape index (κ2) is 5.53. The van der Waals surface area contributed by atoms with Crippen LogP contribution in [0, 0.1) is 6.92 Å². The summed E-state index contributed by atoms with van der Waals surface area (Å²) in [5, 5.41) is 0.378. The third-order valence-electron chi connectivity index (χ3n) is 4.01. The monoisotopic (exact) mass is 321 g/mol. The van der Waals surface area contributed by atoms with E-state index in [1.54, 1.807) is 18.2 Å². The molecule has 1 aliphatic heterocycles. The first-order valence-electron chi connectivity index (χ1n) is 7.63. The largest absolute Gasteiger partial charge is 0.486 e. The number of nitrogens with zero attached hydrogens (tertiary/aromatic N) is 1. The van der Waals surface area contributed by atoms with Crippen LogP contribution in [0.3, 0.4) is 0 Å². The highest BCUT2D eigenvalue weighted by atomic mass is 16.6. The van der Waals surface area contributed by atoms with Crippen molar-refractivity contribution in [3.05, 3.63) is 58.5 Å². The molecule has 0 aliphatic carbocycles. The quantitative estimate of drug-likeness (QED) is 0.722. The van der Waals surface area contributed by atoms with Gasteiger partial charge in [-0.25, -0.2) is 9.78 Å². The Labute approximate surface area is 138 Å². The maximum atomic E-state index is 12.4. The van der Waals surface area contributed by atoms with E-state index < -0.39 is 5.63 Å². The summed E-state index contributed by atoms with van der Waals surface area (Å²) in [4.78, 5) is 16.9. The van der Waals surface area contributed by atoms with Crippen molar-refractivity contribution in [2.45, 2.75) is 6.92 Å². The number of ether oxygens (including phenoxy) is 2. The molecule has 24 heavy (non-hydrogen) atoms. The van der Waals surface area contributed by atoms with Crippen molar-refractivity contribution >= 4 is 17.0 Å². The normalized spacial score (nSPS) is 13.0. The maximum Gasteiger partial charge on any atom is 0.347 e. The highest BCUT2D eigenvalue weighted by Crippen LogP contribution is 2.34. The lowest BCUT2D eigenvalue weighted by molar-refractivity contribution is 0.172. The third kappa shape index (κ3) is 2.34. The van der Waals surface area contributed by atoms with Gasteiger partial charge in [-0.3, -0.25) is 0 Å². The van der Waals surface area contributed by atoms with E-state index in [1.165, 1.54) is 0 Å². The minimum absolute atomic E-state index is 0.289. The summed E-state index contributed by atoms with van der Waals surface area (Å²) in [5.74, 6) is 1.43. The molecular weight excluding hydrogens is 306 g/mol. The van der Waals surface area contributed by atoms with E-state index in [0.29, 0.717) is 35.6 Å². The van der Waals surface area contributed by atoms with Gasteiger partial charge in [0.05, 0.1) is 10.9 Å². The molecule has 1 aliphatic rings. The summed E-state index contributed by atoms with van der Waals surface area (Å²) < 4.78 is 16.5. The SMILES string of the molecule is C=Cc1ccc(-c2nc3cc4c(cc3c(=O)o2)OCCO4)c(C)c1. The summed E-state index contributed by atoms with van der Waals surface area (Å²) in [7, 11) is 0. The lowest BCUT2D eigenvalue weighted by Gasteiger charge is -2.18. The van der Waals surface area contributed by atoms with Gasteiger partial charge in [-0.1, -0.05) is 24.8 Å². The zero-order chi connectivity index (χ0) is 16.7. The van der Waals surface area contributed by atoms with E-state index in [2.05, 4.69) is 11.6 Å². The maximum absolute atomic E-state index is 12.4. The first-order chi connectivity index (χ1) is 11.7. The Balaban J connectivity index is 1.91. The molecule has 5 nitrogen and oxygen atoms in total. The summed E-state index contributed by atoms with van der Waals surface area (Å²) in [6.45, 7) is 6.64. The van der Waals surface area contributed by atoms with Crippen LogP contribution < -0.4 is 15.1 Å². The predicted octanol–water partition coefficient (Wildman–Crippen LogP) is 3.58. The van der Waals surface area contributed by atoms with E-state index in [-0.39, 0.29) is 5.89 Å². The fourth-order valence-electron chi connectivity index (χ4n) is 2.78. The van der Waals surface area contributed by atoms with Crippen LogP contribution in [0.25, 0.3) is 28.4 Å². The molecule has 0 spiro atoms. The average molecular weight is 321 g/mol. The Morgan fingerprint density at radius 3 is 2.58 bits per heavy atom. The Hall–Kier alpha value is -3.08. The number of rotatable bonds is 2. The fraction of sp³-hybridized carbons (Fsp3) is 0.158. The lowest BCUT2D eigenvalue weighted by Crippen LogP contribution is -2.16. The molecule has 2 aromatic carbocycles. The van der Waals surface area contributed by atoms with Crippen molar-refractivity contribution < 1.29 is 13.9 Å². The number of aromatic nitrogens is 1. The minimum atomic E-state index is -0.445. The average Bonchev–Trinajstić information content (AvgIpc) is 2.60. The van der Waals surface area contributed by atoms with Gasteiger partial charge >= 0.3 is 5.63 Å². The zero-order valence-corrected chi connectivity index (χ0v) is 13.2. The molecule has 3 aromatic rings. The Kier molecular flexibility index (Phi) is 3.34. The minimum Gasteiger partial charge on any atom is -0.486 e. The Morgan fingerprint density at radius 1 is 1.12 bits per heavy atom. The molecule has 0 fully saturated rings. The molecule has 1 aromatic heterocycles. The molecular formula is C19H15NO4. The van der Waals surface area contributed by atoms with Crippen LogP contribution in [0.5, 0.6) is 11.5 Å². The number of fused-ring (bicyclic) bond motifs is 2. The first-order valence-corrected chi connectivity index (χ1v) is 7.63. The van der Waals surface area contributed by atoms with Gasteiger partial charge < -0.3 is 13.9 Å². The molecule has 0 saturated carbocycles. The van der Waals surface area contributed by atoms with Gasteiger partial charge in [0, 0.05) is 17.7 Å². The van der Waals surface area contributed by atoms with Crippen LogP contribution in [0.2, 0.25) is 0 Å². The Morgan fingerprint density at radius 2 is 1.88 bits per heavy atom. The predicted molar refractivity (Wildman–Crippen MR) is 91.5 cm³/mol. The molecule has 0 unspecified atom stereocenters. The van der Waals surface area contributed by atoms with E-state index >= 15 is 0 Å². The number of aryl methyl sites for hydroxylation is 1. The van der Waals surface area contributed by atoms with Crippen LogP contribution in [0.4, 0.5) is 0 Å². The summed E-state index contributed by atoms with van der Waals surface area (Å²) in [5.41, 5.74) is 2.81. The van der Waals surface area contributed by atoms with Gasteiger partial charge in [0.2, 0.25) is 5.89 Å². The van der Waals surface area contributed by atoms with Crippen molar-refractivity contribution in [3.8, 4) is 23.0 Å². The van der Waals surface area contributed by atoms with E-state index in [1.807, 2.05) is 25.1 Å². The standard InChI is InChI=1S/C19H15NO4/c1-3-12-4-5-13(11(2)8-12)18-20-15-10-17-16(22-6-7-23-17)9-14(15)19(21)24-18/h3-5,8-10H,1,6-7H2,2H3. The van der Waals surface area contributed by atoms with Crippen LogP contribution in [-0.2, 0) is 0 Å². The molecule has 0 atom stereocenters. The van der Waals surface area contributed by atoms with Crippen LogP contribution in [0.15, 0.2) is 46.1 Å². The third-order valence-corrected chi connectivity index (χ3v) is 4.01. The number of hydrogen-bond donors (Lipinski definition) is 0. The molecule has 0 N–H and O–H groups in total. The van der Waals surface area contributed by atoms with Gasteiger partial charge in [-0.05, 0) is 24.1 Å². The lowest BCUT2D eigenvalue weighted by atomic mass is 10.0. The van der Waals surface area contributed by atoms with Crippen molar-refractivity contribution in [1.29, 1.82) is 0 Å². The summed E-state index contributed by atoms with van der Waals surface area (Å²) in [6.07, 6.45) is 1.77. The molecule has 0 saturated heterocycles. The van der Waals surface area contributed by atoms with Crippen LogP contribution in [0.1, 0.15) is 11.1 Å². The van der Waals surface area contributed by atoms with Gasteiger partial charge in [-0.15, -0.1) is 0 Å². The Bertz CT molecular complexity index is 1020. The van der Waals surface area contributed by atoms with E-state index in [4.69, 9.17) is 13.9 Å². The van der Waals surface area contributed by atoms with Gasteiger partial charge in [0.25, 0.3) is 0 Å². The number of benzene rings is 2. The molecule has 5 heteroatoms. The van der Waals surface area contributed by atoms with E-state index in [0.717, 1.165) is 16.7 Å². The van der Waals surface area contributed by atoms with Gasteiger partial charge in [0.1, 0.15) is 13.2 Å². The van der Waals surface area contributed by atoms with Crippen molar-refractivity contribution in [2.24, 2.45) is 0 Å². The number of hydrogen-bond acceptors (Lipinski definition) is 5. The molecule has 4 rings (SSSR count). The van der Waals surface area contributed by atoms with Crippen LogP contribution >= 0.6 is 0 Å². The molecule has 0 bridgehead atoms. The first kappa shape index (κ1) is 14.5. The van der Waals surface area contributed by atoms with Gasteiger partial charge in [0.15, 0.2) is 11.5 Å². The van der Waals surface area contributed by atoms with Gasteiger partial charge in [-0.2, -0.15) is 0 Å². The fourth-order valence-corrected chi connectivity index (χ4v) is 2.78. The smallest absolute Gasteiger partial charge is 0.347 e. The molecule has 0 radical (unpaired) electrons. The van der Waals surface area contributed by atoms with Crippen molar-refractivity contribution in [1.82, 2.24) is 4.98 Å². The molecule has 0 amide bonds. The van der Waals surface area contributed by atoms with Crippen molar-refractivity contribution in [3.63, 3.8) is 0 Å². The highest BCUT2D eigenvalue weighted by Gasteiger charge is 2.17. The highest BCUT2D eigenvalue weighted by molar-refractivity contribution is 5.83.